The zero-order chi connectivity index (χ0) is 10.0. The monoisotopic (exact) mass is 262 g/mol. The molecule has 4 heteroatoms. The summed E-state index contributed by atoms with van der Waals surface area (Å²) < 4.78 is 0.641. The Kier molecular flexibility index (Phi) is 3.33. The second kappa shape index (κ2) is 4.11. The topological polar surface area (TPSA) is 37.3 Å². The molecule has 0 aliphatic carbocycles. The van der Waals surface area contributed by atoms with Gasteiger partial charge < -0.3 is 5.11 Å². The predicted octanol–water partition coefficient (Wildman–Crippen LogP) is 3.02. The van der Waals surface area contributed by atoms with Crippen molar-refractivity contribution in [3.05, 3.63) is 28.2 Å². The van der Waals surface area contributed by atoms with Crippen LogP contribution in [0.3, 0.4) is 0 Å². The van der Waals surface area contributed by atoms with Crippen molar-refractivity contribution >= 4 is 33.3 Å². The van der Waals surface area contributed by atoms with E-state index in [4.69, 9.17) is 16.7 Å². The Balaban J connectivity index is 3.08. The molecule has 0 saturated heterocycles. The van der Waals surface area contributed by atoms with Crippen LogP contribution in [0.1, 0.15) is 17.9 Å². The summed E-state index contributed by atoms with van der Waals surface area (Å²) in [5, 5.41) is 8.44. The summed E-state index contributed by atoms with van der Waals surface area (Å²) in [6, 6.07) is 4.63. The summed E-state index contributed by atoms with van der Waals surface area (Å²) in [5.74, 6) is 0.0242. The maximum absolute atomic E-state index is 11.0. The number of carbonyl (C=O) groups is 1. The zero-order valence-corrected chi connectivity index (χ0v) is 9.26. The van der Waals surface area contributed by atoms with Gasteiger partial charge in [0.2, 0.25) is 0 Å². The van der Waals surface area contributed by atoms with E-state index in [1.54, 1.807) is 6.07 Å². The van der Waals surface area contributed by atoms with Gasteiger partial charge in [0.15, 0.2) is 5.78 Å². The normalized spacial score (nSPS) is 12.5. The molecule has 1 N–H and O–H groups in total. The molecule has 1 atom stereocenters. The SMILES string of the molecule is CC(=O)C(Cl)c1ccc(O)cc1Br. The lowest BCUT2D eigenvalue weighted by Gasteiger charge is -2.08. The minimum Gasteiger partial charge on any atom is -0.508 e. The number of hydrogen-bond acceptors (Lipinski definition) is 2. The number of rotatable bonds is 2. The van der Waals surface area contributed by atoms with Gasteiger partial charge in [-0.1, -0.05) is 22.0 Å². The Labute approximate surface area is 89.7 Å². The minimum absolute atomic E-state index is 0.118. The Morgan fingerprint density at radius 1 is 1.62 bits per heavy atom. The van der Waals surface area contributed by atoms with Crippen molar-refractivity contribution in [2.45, 2.75) is 12.3 Å². The van der Waals surface area contributed by atoms with Gasteiger partial charge in [-0.25, -0.2) is 0 Å². The summed E-state index contributed by atoms with van der Waals surface area (Å²) >= 11 is 9.06. The molecular weight excluding hydrogens is 255 g/mol. The van der Waals surface area contributed by atoms with Crippen molar-refractivity contribution < 1.29 is 9.90 Å². The van der Waals surface area contributed by atoms with E-state index in [1.807, 2.05) is 0 Å². The number of carbonyl (C=O) groups excluding carboxylic acids is 1. The number of ketones is 1. The van der Waals surface area contributed by atoms with E-state index >= 15 is 0 Å². The van der Waals surface area contributed by atoms with Crippen LogP contribution in [-0.2, 0) is 4.79 Å². The fourth-order valence-corrected chi connectivity index (χ4v) is 1.86. The van der Waals surface area contributed by atoms with Crippen molar-refractivity contribution in [3.63, 3.8) is 0 Å². The van der Waals surface area contributed by atoms with Crippen LogP contribution >= 0.6 is 27.5 Å². The highest BCUT2D eigenvalue weighted by Crippen LogP contribution is 2.31. The molecule has 0 radical (unpaired) electrons. The number of phenols is 1. The van der Waals surface area contributed by atoms with E-state index < -0.39 is 5.38 Å². The van der Waals surface area contributed by atoms with Gasteiger partial charge in [0.05, 0.1) is 0 Å². The number of Topliss-reactive ketones (excluding diaryl/α,β-unsaturated/α-hetero) is 1. The maximum atomic E-state index is 11.0. The quantitative estimate of drug-likeness (QED) is 0.833. The highest BCUT2D eigenvalue weighted by molar-refractivity contribution is 9.10. The zero-order valence-electron chi connectivity index (χ0n) is 6.92. The van der Waals surface area contributed by atoms with Gasteiger partial charge in [0.25, 0.3) is 0 Å². The first-order valence-corrected chi connectivity index (χ1v) is 4.88. The molecule has 0 heterocycles. The number of halogens is 2. The number of benzene rings is 1. The highest BCUT2D eigenvalue weighted by atomic mass is 79.9. The van der Waals surface area contributed by atoms with Crippen LogP contribution in [0.2, 0.25) is 0 Å². The lowest BCUT2D eigenvalue weighted by atomic mass is 10.1. The van der Waals surface area contributed by atoms with Crippen LogP contribution in [0.15, 0.2) is 22.7 Å². The molecule has 1 rings (SSSR count). The fraction of sp³-hybridized carbons (Fsp3) is 0.222. The summed E-state index contributed by atoms with van der Waals surface area (Å²) in [4.78, 5) is 11.0. The summed E-state index contributed by atoms with van der Waals surface area (Å²) in [7, 11) is 0. The molecule has 0 aliphatic rings. The number of aromatic hydroxyl groups is 1. The van der Waals surface area contributed by atoms with Crippen LogP contribution in [0.25, 0.3) is 0 Å². The third kappa shape index (κ3) is 2.45. The predicted molar refractivity (Wildman–Crippen MR) is 55.1 cm³/mol. The average Bonchev–Trinajstić information content (AvgIpc) is 2.03. The number of hydrogen-bond donors (Lipinski definition) is 1. The average molecular weight is 264 g/mol. The molecule has 70 valence electrons. The van der Waals surface area contributed by atoms with Gasteiger partial charge in [-0.3, -0.25) is 4.79 Å². The van der Waals surface area contributed by atoms with Crippen LogP contribution in [0.4, 0.5) is 0 Å². The first-order valence-electron chi connectivity index (χ1n) is 3.65. The molecule has 0 aromatic heterocycles. The number of alkyl halides is 1. The Morgan fingerprint density at radius 2 is 2.23 bits per heavy atom. The van der Waals surface area contributed by atoms with Gasteiger partial charge >= 0.3 is 0 Å². The third-order valence-electron chi connectivity index (χ3n) is 1.61. The van der Waals surface area contributed by atoms with Crippen LogP contribution in [0, 0.1) is 0 Å². The number of phenolic OH excluding ortho intramolecular Hbond substituents is 1. The summed E-state index contributed by atoms with van der Waals surface area (Å²) in [5.41, 5.74) is 0.673. The molecule has 0 aliphatic heterocycles. The molecular formula is C9H8BrClO2. The molecule has 1 aromatic carbocycles. The van der Waals surface area contributed by atoms with Gasteiger partial charge in [-0.05, 0) is 24.6 Å². The van der Waals surface area contributed by atoms with Crippen LogP contribution in [0.5, 0.6) is 5.75 Å². The fourth-order valence-electron chi connectivity index (χ4n) is 0.941. The molecule has 0 spiro atoms. The summed E-state index contributed by atoms with van der Waals surface area (Å²) in [6.07, 6.45) is 0. The first-order chi connectivity index (χ1) is 6.02. The molecule has 1 aromatic rings. The van der Waals surface area contributed by atoms with Crippen molar-refractivity contribution in [1.82, 2.24) is 0 Å². The van der Waals surface area contributed by atoms with Crippen molar-refractivity contribution in [1.29, 1.82) is 0 Å². The first kappa shape index (κ1) is 10.5. The van der Waals surface area contributed by atoms with E-state index in [2.05, 4.69) is 15.9 Å². The largest absolute Gasteiger partial charge is 0.508 e. The summed E-state index contributed by atoms with van der Waals surface area (Å²) in [6.45, 7) is 1.43. The maximum Gasteiger partial charge on any atom is 0.152 e. The van der Waals surface area contributed by atoms with Gasteiger partial charge in [0.1, 0.15) is 11.1 Å². The van der Waals surface area contributed by atoms with Gasteiger partial charge in [0, 0.05) is 4.47 Å². The van der Waals surface area contributed by atoms with E-state index in [1.165, 1.54) is 19.1 Å². The molecule has 13 heavy (non-hydrogen) atoms. The van der Waals surface area contributed by atoms with Crippen LogP contribution in [-0.4, -0.2) is 10.9 Å². The lowest BCUT2D eigenvalue weighted by molar-refractivity contribution is -0.116. The van der Waals surface area contributed by atoms with Crippen molar-refractivity contribution in [2.24, 2.45) is 0 Å². The Morgan fingerprint density at radius 3 is 2.69 bits per heavy atom. The highest BCUT2D eigenvalue weighted by Gasteiger charge is 2.15. The Bertz CT molecular complexity index is 338. The molecule has 1 unspecified atom stereocenters. The third-order valence-corrected chi connectivity index (χ3v) is 2.84. The second-order valence-electron chi connectivity index (χ2n) is 2.68. The molecule has 0 saturated carbocycles. The van der Waals surface area contributed by atoms with Gasteiger partial charge in [-0.2, -0.15) is 0 Å². The van der Waals surface area contributed by atoms with E-state index in [9.17, 15) is 4.79 Å². The minimum atomic E-state index is -0.657. The molecule has 0 bridgehead atoms. The molecule has 0 fully saturated rings. The van der Waals surface area contributed by atoms with E-state index in [-0.39, 0.29) is 11.5 Å². The van der Waals surface area contributed by atoms with Crippen LogP contribution < -0.4 is 0 Å². The Hall–Kier alpha value is -0.540. The van der Waals surface area contributed by atoms with E-state index in [0.29, 0.717) is 10.0 Å². The van der Waals surface area contributed by atoms with Crippen molar-refractivity contribution in [3.8, 4) is 5.75 Å². The molecule has 0 amide bonds. The standard InChI is InChI=1S/C9H8BrClO2/c1-5(12)9(11)7-3-2-6(13)4-8(7)10/h2-4,9,13H,1H3. The smallest absolute Gasteiger partial charge is 0.152 e. The second-order valence-corrected chi connectivity index (χ2v) is 3.97. The van der Waals surface area contributed by atoms with Gasteiger partial charge in [-0.15, -0.1) is 11.6 Å². The molecule has 2 nitrogen and oxygen atoms in total. The lowest BCUT2D eigenvalue weighted by Crippen LogP contribution is -2.01. The van der Waals surface area contributed by atoms with Crippen molar-refractivity contribution in [2.75, 3.05) is 0 Å². The van der Waals surface area contributed by atoms with E-state index in [0.717, 1.165) is 0 Å².